The molecule has 0 fully saturated rings. The van der Waals surface area contributed by atoms with Crippen molar-refractivity contribution < 1.29 is 18.3 Å². The summed E-state index contributed by atoms with van der Waals surface area (Å²) in [4.78, 5) is 10.4. The maximum absolute atomic E-state index is 11.6. The Balaban J connectivity index is 2.38. The first-order valence-electron chi connectivity index (χ1n) is 5.09. The van der Waals surface area contributed by atoms with Gasteiger partial charge in [-0.05, 0) is 23.9 Å². The fourth-order valence-electron chi connectivity index (χ4n) is 1.61. The standard InChI is InChI=1S/C11H11NO4S2/c1-7-8-4-2-3-5-9(8)17-11(7)12-18(15,16)6-10(13)14/h2-5,12H,6H2,1H3,(H,13,14). The minimum absolute atomic E-state index is 0.470. The van der Waals surface area contributed by atoms with Crippen LogP contribution in [-0.2, 0) is 14.8 Å². The number of sulfonamides is 1. The molecule has 0 saturated carbocycles. The van der Waals surface area contributed by atoms with Crippen LogP contribution in [0.25, 0.3) is 10.1 Å². The van der Waals surface area contributed by atoms with Crippen molar-refractivity contribution in [2.75, 3.05) is 10.5 Å². The smallest absolute Gasteiger partial charge is 0.320 e. The lowest BCUT2D eigenvalue weighted by molar-refractivity contribution is -0.134. The number of hydrogen-bond acceptors (Lipinski definition) is 4. The first-order chi connectivity index (χ1) is 8.39. The number of hydrogen-bond donors (Lipinski definition) is 2. The first-order valence-corrected chi connectivity index (χ1v) is 7.56. The fourth-order valence-corrected chi connectivity index (χ4v) is 3.95. The van der Waals surface area contributed by atoms with Gasteiger partial charge in [-0.25, -0.2) is 8.42 Å². The summed E-state index contributed by atoms with van der Waals surface area (Å²) in [6, 6.07) is 7.53. The van der Waals surface area contributed by atoms with Gasteiger partial charge in [-0.15, -0.1) is 11.3 Å². The van der Waals surface area contributed by atoms with E-state index in [-0.39, 0.29) is 0 Å². The Kier molecular flexibility index (Phi) is 3.27. The second kappa shape index (κ2) is 4.58. The van der Waals surface area contributed by atoms with Gasteiger partial charge in [0.05, 0.1) is 0 Å². The molecule has 5 nitrogen and oxygen atoms in total. The molecule has 0 saturated heterocycles. The molecule has 0 aliphatic carbocycles. The highest BCUT2D eigenvalue weighted by molar-refractivity contribution is 7.93. The molecule has 0 atom stereocenters. The van der Waals surface area contributed by atoms with Gasteiger partial charge in [0.2, 0.25) is 10.0 Å². The summed E-state index contributed by atoms with van der Waals surface area (Å²) in [6.45, 7) is 1.80. The number of anilines is 1. The molecule has 2 rings (SSSR count). The van der Waals surface area contributed by atoms with Crippen LogP contribution in [0.3, 0.4) is 0 Å². The van der Waals surface area contributed by atoms with Crippen LogP contribution in [-0.4, -0.2) is 25.2 Å². The molecule has 0 spiro atoms. The van der Waals surface area contributed by atoms with Crippen molar-refractivity contribution >= 4 is 42.4 Å². The van der Waals surface area contributed by atoms with Crippen LogP contribution in [0.2, 0.25) is 0 Å². The number of fused-ring (bicyclic) bond motifs is 1. The summed E-state index contributed by atoms with van der Waals surface area (Å²) in [5.74, 6) is -2.30. The van der Waals surface area contributed by atoms with Crippen LogP contribution in [0.1, 0.15) is 5.56 Å². The quantitative estimate of drug-likeness (QED) is 0.900. The van der Waals surface area contributed by atoms with E-state index < -0.39 is 21.7 Å². The van der Waals surface area contributed by atoms with Crippen molar-refractivity contribution in [2.45, 2.75) is 6.92 Å². The minimum Gasteiger partial charge on any atom is -0.480 e. The lowest BCUT2D eigenvalue weighted by Gasteiger charge is -2.04. The van der Waals surface area contributed by atoms with Gasteiger partial charge in [0.1, 0.15) is 5.00 Å². The van der Waals surface area contributed by atoms with Gasteiger partial charge in [0.15, 0.2) is 5.75 Å². The van der Waals surface area contributed by atoms with Crippen molar-refractivity contribution in [2.24, 2.45) is 0 Å². The zero-order valence-electron chi connectivity index (χ0n) is 9.50. The van der Waals surface area contributed by atoms with Gasteiger partial charge in [-0.1, -0.05) is 18.2 Å². The molecule has 0 aliphatic heterocycles. The SMILES string of the molecule is Cc1c(NS(=O)(=O)CC(=O)O)sc2ccccc12. The third kappa shape index (κ3) is 2.62. The molecule has 1 aromatic heterocycles. The van der Waals surface area contributed by atoms with Gasteiger partial charge in [-0.2, -0.15) is 0 Å². The molecule has 1 heterocycles. The van der Waals surface area contributed by atoms with Crippen molar-refractivity contribution in [1.82, 2.24) is 0 Å². The van der Waals surface area contributed by atoms with Crippen molar-refractivity contribution in [3.8, 4) is 0 Å². The molecule has 0 aliphatic rings. The van der Waals surface area contributed by atoms with E-state index in [1.54, 1.807) is 6.92 Å². The lowest BCUT2D eigenvalue weighted by atomic mass is 10.2. The number of aliphatic carboxylic acids is 1. The summed E-state index contributed by atoms with van der Waals surface area (Å²) in [7, 11) is -3.84. The van der Waals surface area contributed by atoms with Gasteiger partial charge in [-0.3, -0.25) is 9.52 Å². The number of carboxylic acid groups (broad SMARTS) is 1. The molecular formula is C11H11NO4S2. The van der Waals surface area contributed by atoms with Gasteiger partial charge >= 0.3 is 5.97 Å². The van der Waals surface area contributed by atoms with E-state index in [1.807, 2.05) is 24.3 Å². The maximum Gasteiger partial charge on any atom is 0.320 e. The second-order valence-corrected chi connectivity index (χ2v) is 6.58. The molecule has 0 unspecified atom stereocenters. The summed E-state index contributed by atoms with van der Waals surface area (Å²) >= 11 is 1.29. The number of nitrogens with one attached hydrogen (secondary N) is 1. The van der Waals surface area contributed by atoms with Crippen molar-refractivity contribution in [3.05, 3.63) is 29.8 Å². The topological polar surface area (TPSA) is 83.5 Å². The Bertz CT molecular complexity index is 703. The maximum atomic E-state index is 11.6. The summed E-state index contributed by atoms with van der Waals surface area (Å²) in [5, 5.41) is 9.96. The minimum atomic E-state index is -3.84. The van der Waals surface area contributed by atoms with Gasteiger partial charge in [0, 0.05) is 4.70 Å². The average molecular weight is 285 g/mol. The Labute approximate surface area is 108 Å². The number of carbonyl (C=O) groups is 1. The Morgan fingerprint density at radius 2 is 2.06 bits per heavy atom. The van der Waals surface area contributed by atoms with E-state index in [0.717, 1.165) is 15.6 Å². The average Bonchev–Trinajstić information content (AvgIpc) is 2.54. The summed E-state index contributed by atoms with van der Waals surface area (Å²) in [6.07, 6.45) is 0. The van der Waals surface area contributed by atoms with E-state index in [4.69, 9.17) is 5.11 Å². The normalized spacial score (nSPS) is 11.6. The van der Waals surface area contributed by atoms with Crippen molar-refractivity contribution in [3.63, 3.8) is 0 Å². The number of rotatable bonds is 4. The van der Waals surface area contributed by atoms with Crippen LogP contribution >= 0.6 is 11.3 Å². The van der Waals surface area contributed by atoms with Crippen molar-refractivity contribution in [1.29, 1.82) is 0 Å². The van der Waals surface area contributed by atoms with Gasteiger partial charge in [0.25, 0.3) is 0 Å². The molecule has 2 aromatic rings. The third-order valence-electron chi connectivity index (χ3n) is 2.41. The van der Waals surface area contributed by atoms with Crippen LogP contribution in [0.15, 0.2) is 24.3 Å². The first kappa shape index (κ1) is 12.8. The number of thiophene rings is 1. The number of benzene rings is 1. The predicted molar refractivity (Wildman–Crippen MR) is 71.6 cm³/mol. The highest BCUT2D eigenvalue weighted by atomic mass is 32.2. The molecule has 0 bridgehead atoms. The molecule has 96 valence electrons. The molecular weight excluding hydrogens is 274 g/mol. The number of aryl methyl sites for hydroxylation is 1. The largest absolute Gasteiger partial charge is 0.480 e. The third-order valence-corrected chi connectivity index (χ3v) is 4.86. The fraction of sp³-hybridized carbons (Fsp3) is 0.182. The summed E-state index contributed by atoms with van der Waals surface area (Å²) in [5.41, 5.74) is 0.810. The molecule has 1 aromatic carbocycles. The Morgan fingerprint density at radius 3 is 2.67 bits per heavy atom. The van der Waals surface area contributed by atoms with E-state index in [1.165, 1.54) is 11.3 Å². The molecule has 7 heteroatoms. The van der Waals surface area contributed by atoms with Crippen LogP contribution in [0.4, 0.5) is 5.00 Å². The summed E-state index contributed by atoms with van der Waals surface area (Å²) < 4.78 is 26.4. The molecule has 18 heavy (non-hydrogen) atoms. The Hall–Kier alpha value is -1.60. The van der Waals surface area contributed by atoms with E-state index in [0.29, 0.717) is 5.00 Å². The lowest BCUT2D eigenvalue weighted by Crippen LogP contribution is -2.22. The second-order valence-electron chi connectivity index (χ2n) is 3.81. The predicted octanol–water partition coefficient (Wildman–Crippen LogP) is 2.04. The van der Waals surface area contributed by atoms with Gasteiger partial charge < -0.3 is 5.11 Å². The zero-order chi connectivity index (χ0) is 13.3. The van der Waals surface area contributed by atoms with E-state index in [9.17, 15) is 13.2 Å². The number of carboxylic acids is 1. The highest BCUT2D eigenvalue weighted by Gasteiger charge is 2.18. The van der Waals surface area contributed by atoms with Crippen LogP contribution in [0.5, 0.6) is 0 Å². The van der Waals surface area contributed by atoms with Crippen LogP contribution < -0.4 is 4.72 Å². The molecule has 2 N–H and O–H groups in total. The van der Waals surface area contributed by atoms with E-state index in [2.05, 4.69) is 4.72 Å². The molecule has 0 amide bonds. The molecule has 0 radical (unpaired) electrons. The van der Waals surface area contributed by atoms with Crippen LogP contribution in [0, 0.1) is 6.92 Å². The Morgan fingerprint density at radius 1 is 1.39 bits per heavy atom. The van der Waals surface area contributed by atoms with E-state index >= 15 is 0 Å². The monoisotopic (exact) mass is 285 g/mol. The highest BCUT2D eigenvalue weighted by Crippen LogP contribution is 2.35. The zero-order valence-corrected chi connectivity index (χ0v) is 11.1.